The highest BCUT2D eigenvalue weighted by Gasteiger charge is 2.38. The quantitative estimate of drug-likeness (QED) is 0.542. The number of amides is 1. The van der Waals surface area contributed by atoms with Crippen LogP contribution in [0, 0.1) is 10.1 Å². The first-order valence-electron chi connectivity index (χ1n) is 7.94. The van der Waals surface area contributed by atoms with Gasteiger partial charge in [-0.3, -0.25) is 19.7 Å². The zero-order valence-electron chi connectivity index (χ0n) is 14.0. The number of carbonyl (C=O) groups is 2. The van der Waals surface area contributed by atoms with E-state index >= 15 is 0 Å². The van der Waals surface area contributed by atoms with Crippen molar-refractivity contribution >= 4 is 27.6 Å². The summed E-state index contributed by atoms with van der Waals surface area (Å²) < 4.78 is 26.8. The van der Waals surface area contributed by atoms with Gasteiger partial charge in [0.25, 0.3) is 5.69 Å². The number of sulfonamides is 1. The van der Waals surface area contributed by atoms with E-state index in [-0.39, 0.29) is 23.5 Å². The van der Waals surface area contributed by atoms with Crippen molar-refractivity contribution in [2.24, 2.45) is 0 Å². The Bertz CT molecular complexity index is 807. The minimum absolute atomic E-state index is 0.110. The maximum atomic E-state index is 12.9. The molecule has 142 valence electrons. The number of nitrogens with one attached hydrogen (secondary N) is 1. The second kappa shape index (κ2) is 7.79. The normalized spacial score (nSPS) is 19.5. The van der Waals surface area contributed by atoms with Crippen molar-refractivity contribution in [3.05, 3.63) is 34.4 Å². The number of hydrogen-bond donors (Lipinski definition) is 2. The molecule has 1 aliphatic heterocycles. The van der Waals surface area contributed by atoms with Crippen LogP contribution < -0.4 is 5.32 Å². The van der Waals surface area contributed by atoms with Gasteiger partial charge in [-0.15, -0.1) is 0 Å². The first kappa shape index (κ1) is 19.8. The molecule has 10 nitrogen and oxygen atoms in total. The van der Waals surface area contributed by atoms with Gasteiger partial charge in [0.05, 0.1) is 9.82 Å². The largest absolute Gasteiger partial charge is 0.480 e. The van der Waals surface area contributed by atoms with Gasteiger partial charge in [0.1, 0.15) is 12.1 Å². The summed E-state index contributed by atoms with van der Waals surface area (Å²) in [5.41, 5.74) is -0.243. The number of non-ortho nitro benzene ring substituents is 1. The molecule has 2 rings (SSSR count). The number of aliphatic carboxylic acids is 1. The maximum absolute atomic E-state index is 12.9. The van der Waals surface area contributed by atoms with Crippen molar-refractivity contribution in [3.8, 4) is 0 Å². The number of hydrogen-bond acceptors (Lipinski definition) is 6. The van der Waals surface area contributed by atoms with Crippen molar-refractivity contribution in [2.45, 2.75) is 43.2 Å². The minimum atomic E-state index is -4.05. The van der Waals surface area contributed by atoms with E-state index in [4.69, 9.17) is 5.11 Å². The van der Waals surface area contributed by atoms with Gasteiger partial charge >= 0.3 is 5.97 Å². The van der Waals surface area contributed by atoms with Gasteiger partial charge in [0.15, 0.2) is 0 Å². The average molecular weight is 385 g/mol. The van der Waals surface area contributed by atoms with Crippen LogP contribution in [0.1, 0.15) is 26.2 Å². The van der Waals surface area contributed by atoms with E-state index in [2.05, 4.69) is 5.32 Å². The van der Waals surface area contributed by atoms with Gasteiger partial charge in [-0.1, -0.05) is 6.42 Å². The molecule has 0 aliphatic carbocycles. The van der Waals surface area contributed by atoms with Crippen molar-refractivity contribution in [3.63, 3.8) is 0 Å². The highest BCUT2D eigenvalue weighted by Crippen LogP contribution is 2.26. The topological polar surface area (TPSA) is 147 Å². The number of piperidine rings is 1. The number of carboxylic acids is 1. The van der Waals surface area contributed by atoms with Crippen LogP contribution in [0.25, 0.3) is 0 Å². The van der Waals surface area contributed by atoms with Gasteiger partial charge in [0, 0.05) is 18.7 Å². The molecular formula is C15H19N3O7S. The van der Waals surface area contributed by atoms with Gasteiger partial charge in [0.2, 0.25) is 15.9 Å². The molecule has 11 heteroatoms. The third-order valence-corrected chi connectivity index (χ3v) is 6.06. The molecule has 1 saturated heterocycles. The Labute approximate surface area is 150 Å². The lowest BCUT2D eigenvalue weighted by molar-refractivity contribution is -0.384. The van der Waals surface area contributed by atoms with Crippen molar-refractivity contribution in [1.82, 2.24) is 9.62 Å². The fourth-order valence-electron chi connectivity index (χ4n) is 2.70. The second-order valence-corrected chi connectivity index (χ2v) is 7.84. The number of carboxylic acid groups (broad SMARTS) is 1. The molecule has 0 spiro atoms. The lowest BCUT2D eigenvalue weighted by Crippen LogP contribution is -2.54. The smallest absolute Gasteiger partial charge is 0.325 e. The molecule has 2 N–H and O–H groups in total. The Hall–Kier alpha value is -2.53. The van der Waals surface area contributed by atoms with E-state index in [1.165, 1.54) is 6.92 Å². The molecule has 1 amide bonds. The van der Waals surface area contributed by atoms with Gasteiger partial charge in [-0.05, 0) is 31.9 Å². The first-order chi connectivity index (χ1) is 12.1. The zero-order valence-corrected chi connectivity index (χ0v) is 14.8. The van der Waals surface area contributed by atoms with Crippen LogP contribution in [0.3, 0.4) is 0 Å². The molecule has 0 bridgehead atoms. The van der Waals surface area contributed by atoms with Gasteiger partial charge in [-0.25, -0.2) is 8.42 Å². The zero-order chi connectivity index (χ0) is 19.5. The van der Waals surface area contributed by atoms with E-state index in [1.807, 2.05) is 0 Å². The second-order valence-electron chi connectivity index (χ2n) is 5.95. The molecular weight excluding hydrogens is 366 g/mol. The predicted molar refractivity (Wildman–Crippen MR) is 89.9 cm³/mol. The third kappa shape index (κ3) is 4.17. The predicted octanol–water partition coefficient (Wildman–Crippen LogP) is 0.727. The molecule has 1 aliphatic rings. The summed E-state index contributed by atoms with van der Waals surface area (Å²) in [5.74, 6) is -1.90. The maximum Gasteiger partial charge on any atom is 0.325 e. The van der Waals surface area contributed by atoms with Crippen molar-refractivity contribution in [2.75, 3.05) is 6.54 Å². The van der Waals surface area contributed by atoms with Crippen LogP contribution in [-0.4, -0.2) is 53.3 Å². The summed E-state index contributed by atoms with van der Waals surface area (Å²) in [7, 11) is -4.05. The molecule has 2 atom stereocenters. The summed E-state index contributed by atoms with van der Waals surface area (Å²) in [6, 6.07) is 2.24. The Kier molecular flexibility index (Phi) is 5.93. The van der Waals surface area contributed by atoms with E-state index in [9.17, 15) is 28.1 Å². The summed E-state index contributed by atoms with van der Waals surface area (Å²) in [5, 5.41) is 21.9. The number of rotatable bonds is 6. The third-order valence-electron chi connectivity index (χ3n) is 4.14. The molecule has 2 unspecified atom stereocenters. The van der Waals surface area contributed by atoms with E-state index < -0.39 is 38.9 Å². The Balaban J connectivity index is 2.28. The Morgan fingerprint density at radius 1 is 1.31 bits per heavy atom. The van der Waals surface area contributed by atoms with Gasteiger partial charge in [-0.2, -0.15) is 4.31 Å². The fourth-order valence-corrected chi connectivity index (χ4v) is 4.36. The van der Waals surface area contributed by atoms with E-state index in [0.29, 0.717) is 12.8 Å². The highest BCUT2D eigenvalue weighted by molar-refractivity contribution is 7.89. The van der Waals surface area contributed by atoms with Crippen LogP contribution in [0.2, 0.25) is 0 Å². The van der Waals surface area contributed by atoms with Gasteiger partial charge < -0.3 is 10.4 Å². The summed E-state index contributed by atoms with van der Waals surface area (Å²) in [6.07, 6.45) is 1.46. The van der Waals surface area contributed by atoms with Crippen LogP contribution in [-0.2, 0) is 19.6 Å². The molecule has 1 fully saturated rings. The van der Waals surface area contributed by atoms with E-state index in [0.717, 1.165) is 28.6 Å². The standard InChI is InChI=1S/C15H19N3O7S/c1-10(15(20)21)16-14(19)13-4-2-3-9-17(13)26(24,25)12-7-5-11(6-8-12)18(22)23/h5-8,10,13H,2-4,9H2,1H3,(H,16,19)(H,20,21). The summed E-state index contributed by atoms with van der Waals surface area (Å²) >= 11 is 0. The Morgan fingerprint density at radius 3 is 2.46 bits per heavy atom. The number of nitro groups is 1. The number of nitro benzene ring substituents is 1. The summed E-state index contributed by atoms with van der Waals surface area (Å²) in [4.78, 5) is 33.2. The van der Waals surface area contributed by atoms with Crippen LogP contribution in [0.15, 0.2) is 29.2 Å². The van der Waals surface area contributed by atoms with E-state index in [1.54, 1.807) is 0 Å². The molecule has 0 aromatic heterocycles. The fraction of sp³-hybridized carbons (Fsp3) is 0.467. The molecule has 1 heterocycles. The summed E-state index contributed by atoms with van der Waals surface area (Å²) in [6.45, 7) is 1.40. The molecule has 1 aromatic carbocycles. The lowest BCUT2D eigenvalue weighted by atomic mass is 10.0. The SMILES string of the molecule is CC(NC(=O)C1CCCCN1S(=O)(=O)c1ccc([N+](=O)[O-])cc1)C(=O)O. The molecule has 0 radical (unpaired) electrons. The lowest BCUT2D eigenvalue weighted by Gasteiger charge is -2.34. The number of benzene rings is 1. The Morgan fingerprint density at radius 2 is 1.92 bits per heavy atom. The van der Waals surface area contributed by atoms with Crippen LogP contribution in [0.4, 0.5) is 5.69 Å². The first-order valence-corrected chi connectivity index (χ1v) is 9.38. The average Bonchev–Trinajstić information content (AvgIpc) is 2.61. The molecule has 1 aromatic rings. The van der Waals surface area contributed by atoms with Crippen LogP contribution in [0.5, 0.6) is 0 Å². The minimum Gasteiger partial charge on any atom is -0.480 e. The highest BCUT2D eigenvalue weighted by atomic mass is 32.2. The number of carbonyl (C=O) groups excluding carboxylic acids is 1. The number of nitrogens with zero attached hydrogens (tertiary/aromatic N) is 2. The molecule has 26 heavy (non-hydrogen) atoms. The van der Waals surface area contributed by atoms with Crippen molar-refractivity contribution < 1.29 is 28.0 Å². The van der Waals surface area contributed by atoms with Crippen molar-refractivity contribution in [1.29, 1.82) is 0 Å². The monoisotopic (exact) mass is 385 g/mol. The van der Waals surface area contributed by atoms with Crippen LogP contribution >= 0.6 is 0 Å². The molecule has 0 saturated carbocycles.